The molecule has 1 aliphatic carbocycles. The van der Waals surface area contributed by atoms with Gasteiger partial charge in [0.05, 0.1) is 0 Å². The fraction of sp³-hybridized carbons (Fsp3) is 0.444. The van der Waals surface area contributed by atoms with E-state index in [-0.39, 0.29) is 11.8 Å². The molecule has 1 heterocycles. The highest BCUT2D eigenvalue weighted by Gasteiger charge is 2.18. The number of benzene rings is 1. The molecule has 1 fully saturated rings. The smallest absolute Gasteiger partial charge is 0.286 e. The number of rotatable bonds is 3. The highest BCUT2D eigenvalue weighted by Crippen LogP contribution is 2.26. The zero-order valence-electron chi connectivity index (χ0n) is 13.8. The van der Waals surface area contributed by atoms with E-state index in [1.165, 1.54) is 19.3 Å². The molecular weight excluding hydrogens is 326 g/mol. The maximum absolute atomic E-state index is 12.3. The molecule has 3 rings (SSSR count). The number of hydrogen-bond acceptors (Lipinski definition) is 2. The Morgan fingerprint density at radius 1 is 1.17 bits per heavy atom. The van der Waals surface area contributed by atoms with Crippen LogP contribution >= 0.6 is 11.6 Å². The summed E-state index contributed by atoms with van der Waals surface area (Å²) >= 11 is 5.99. The van der Waals surface area contributed by atoms with Gasteiger partial charge in [0.1, 0.15) is 5.69 Å². The predicted octanol–water partition coefficient (Wildman–Crippen LogP) is 3.56. The molecule has 0 aliphatic heterocycles. The van der Waals surface area contributed by atoms with Crippen molar-refractivity contribution in [2.24, 2.45) is 13.0 Å². The molecule has 1 aromatic carbocycles. The fourth-order valence-electron chi connectivity index (χ4n) is 3.43. The third-order valence-corrected chi connectivity index (χ3v) is 4.99. The lowest BCUT2D eigenvalue weighted by Crippen LogP contribution is -2.42. The largest absolute Gasteiger partial charge is 0.340 e. The van der Waals surface area contributed by atoms with Gasteiger partial charge in [-0.2, -0.15) is 0 Å². The van der Waals surface area contributed by atoms with Crippen molar-refractivity contribution < 1.29 is 9.59 Å². The quantitative estimate of drug-likeness (QED) is 0.834. The van der Waals surface area contributed by atoms with E-state index in [9.17, 15) is 9.59 Å². The zero-order valence-corrected chi connectivity index (χ0v) is 14.5. The first-order valence-corrected chi connectivity index (χ1v) is 8.76. The van der Waals surface area contributed by atoms with Gasteiger partial charge in [0.2, 0.25) is 5.91 Å². The number of carbonyl (C=O) groups is 2. The summed E-state index contributed by atoms with van der Waals surface area (Å²) in [6, 6.07) is 7.24. The molecule has 2 amide bonds. The molecule has 0 spiro atoms. The van der Waals surface area contributed by atoms with Gasteiger partial charge >= 0.3 is 0 Å². The molecule has 128 valence electrons. The predicted molar refractivity (Wildman–Crippen MR) is 94.7 cm³/mol. The second-order valence-electron chi connectivity index (χ2n) is 6.50. The monoisotopic (exact) mass is 347 g/mol. The molecule has 5 nitrogen and oxygen atoms in total. The molecule has 0 saturated heterocycles. The number of carbonyl (C=O) groups excluding carboxylic acids is 2. The summed E-state index contributed by atoms with van der Waals surface area (Å²) in [7, 11) is 1.81. The lowest BCUT2D eigenvalue weighted by Gasteiger charge is -2.20. The van der Waals surface area contributed by atoms with Gasteiger partial charge in [0.25, 0.3) is 5.91 Å². The van der Waals surface area contributed by atoms with Crippen LogP contribution in [0.2, 0.25) is 5.02 Å². The Morgan fingerprint density at radius 3 is 2.67 bits per heavy atom. The first kappa shape index (κ1) is 16.8. The normalized spacial score (nSPS) is 15.4. The Hall–Kier alpha value is -2.01. The van der Waals surface area contributed by atoms with E-state index in [0.717, 1.165) is 23.7 Å². The van der Waals surface area contributed by atoms with Crippen LogP contribution in [0.1, 0.15) is 49.0 Å². The van der Waals surface area contributed by atoms with Crippen molar-refractivity contribution in [1.82, 2.24) is 15.4 Å². The molecule has 2 aromatic rings. The molecule has 0 radical (unpaired) electrons. The second kappa shape index (κ2) is 7.26. The van der Waals surface area contributed by atoms with E-state index in [1.54, 1.807) is 16.7 Å². The molecule has 0 unspecified atom stereocenters. The van der Waals surface area contributed by atoms with Crippen molar-refractivity contribution in [2.45, 2.75) is 38.5 Å². The molecule has 1 saturated carbocycles. The van der Waals surface area contributed by atoms with Gasteiger partial charge in [-0.3, -0.25) is 20.4 Å². The Kier molecular flexibility index (Phi) is 5.09. The van der Waals surface area contributed by atoms with Gasteiger partial charge in [-0.05, 0) is 43.0 Å². The molecule has 1 aromatic heterocycles. The van der Waals surface area contributed by atoms with Crippen LogP contribution in [0.5, 0.6) is 0 Å². The topological polar surface area (TPSA) is 63.1 Å². The van der Waals surface area contributed by atoms with Gasteiger partial charge in [-0.1, -0.05) is 30.9 Å². The molecule has 24 heavy (non-hydrogen) atoms. The number of nitrogens with zero attached hydrogens (tertiary/aromatic N) is 1. The number of aryl methyl sites for hydroxylation is 1. The summed E-state index contributed by atoms with van der Waals surface area (Å²) in [5.74, 6) is -0.0192. The van der Waals surface area contributed by atoms with Crippen LogP contribution in [0.15, 0.2) is 24.3 Å². The highest BCUT2D eigenvalue weighted by atomic mass is 35.5. The van der Waals surface area contributed by atoms with E-state index < -0.39 is 0 Å². The third-order valence-electron chi connectivity index (χ3n) is 4.75. The van der Waals surface area contributed by atoms with Gasteiger partial charge in [0.15, 0.2) is 0 Å². The molecule has 0 atom stereocenters. The maximum Gasteiger partial charge on any atom is 0.286 e. The van der Waals surface area contributed by atoms with Crippen molar-refractivity contribution in [3.05, 3.63) is 35.0 Å². The third kappa shape index (κ3) is 3.73. The fourth-order valence-corrected chi connectivity index (χ4v) is 3.61. The van der Waals surface area contributed by atoms with E-state index in [0.29, 0.717) is 23.1 Å². The summed E-state index contributed by atoms with van der Waals surface area (Å²) in [5, 5.41) is 1.52. The highest BCUT2D eigenvalue weighted by molar-refractivity contribution is 6.31. The Labute approximate surface area is 146 Å². The van der Waals surface area contributed by atoms with Gasteiger partial charge in [-0.15, -0.1) is 0 Å². The summed E-state index contributed by atoms with van der Waals surface area (Å²) in [6.07, 6.45) is 6.34. The van der Waals surface area contributed by atoms with Crippen LogP contribution in [0.4, 0.5) is 0 Å². The second-order valence-corrected chi connectivity index (χ2v) is 6.94. The Bertz CT molecular complexity index is 763. The summed E-state index contributed by atoms with van der Waals surface area (Å²) in [4.78, 5) is 24.3. The minimum Gasteiger partial charge on any atom is -0.340 e. The van der Waals surface area contributed by atoms with Crippen molar-refractivity contribution in [3.8, 4) is 0 Å². The minimum absolute atomic E-state index is 0.128. The number of hydrazine groups is 1. The average molecular weight is 348 g/mol. The molecule has 0 bridgehead atoms. The molecule has 2 N–H and O–H groups in total. The van der Waals surface area contributed by atoms with Gasteiger partial charge in [0, 0.05) is 29.4 Å². The van der Waals surface area contributed by atoms with E-state index >= 15 is 0 Å². The number of hydrogen-bond donors (Lipinski definition) is 2. The van der Waals surface area contributed by atoms with Crippen molar-refractivity contribution in [1.29, 1.82) is 0 Å². The van der Waals surface area contributed by atoms with Crippen LogP contribution in [-0.2, 0) is 11.8 Å². The van der Waals surface area contributed by atoms with E-state index in [1.807, 2.05) is 19.2 Å². The molecule has 1 aliphatic rings. The number of halogens is 1. The van der Waals surface area contributed by atoms with Crippen LogP contribution in [0.25, 0.3) is 10.9 Å². The molecular formula is C18H22ClN3O2. The van der Waals surface area contributed by atoms with Crippen LogP contribution in [-0.4, -0.2) is 16.4 Å². The number of fused-ring (bicyclic) bond motifs is 1. The van der Waals surface area contributed by atoms with Gasteiger partial charge < -0.3 is 4.57 Å². The van der Waals surface area contributed by atoms with Crippen molar-refractivity contribution >= 4 is 34.3 Å². The zero-order chi connectivity index (χ0) is 17.1. The standard InChI is InChI=1S/C18H22ClN3O2/c1-22-15-8-7-14(19)10-13(15)11-16(22)18(24)21-20-17(23)9-12-5-3-2-4-6-12/h7-8,10-12H,2-6,9H2,1H3,(H,20,23)(H,21,24). The van der Waals surface area contributed by atoms with Crippen molar-refractivity contribution in [2.75, 3.05) is 0 Å². The molecule has 6 heteroatoms. The maximum atomic E-state index is 12.3. The lowest BCUT2D eigenvalue weighted by molar-refractivity contribution is -0.123. The van der Waals surface area contributed by atoms with Gasteiger partial charge in [-0.25, -0.2) is 0 Å². The van der Waals surface area contributed by atoms with Crippen LogP contribution < -0.4 is 10.9 Å². The first-order chi connectivity index (χ1) is 11.5. The first-order valence-electron chi connectivity index (χ1n) is 8.39. The summed E-state index contributed by atoms with van der Waals surface area (Å²) in [6.45, 7) is 0. The average Bonchev–Trinajstić information content (AvgIpc) is 2.90. The van der Waals surface area contributed by atoms with Crippen LogP contribution in [0.3, 0.4) is 0 Å². The number of nitrogens with one attached hydrogen (secondary N) is 2. The van der Waals surface area contributed by atoms with E-state index in [4.69, 9.17) is 11.6 Å². The number of amides is 2. The lowest BCUT2D eigenvalue weighted by atomic mass is 9.87. The van der Waals surface area contributed by atoms with Crippen LogP contribution in [0, 0.1) is 5.92 Å². The SMILES string of the molecule is Cn1c(C(=O)NNC(=O)CC2CCCCC2)cc2cc(Cl)ccc21. The summed E-state index contributed by atoms with van der Waals surface area (Å²) < 4.78 is 1.79. The minimum atomic E-state index is -0.332. The Balaban J connectivity index is 1.60. The summed E-state index contributed by atoms with van der Waals surface area (Å²) in [5.41, 5.74) is 6.44. The van der Waals surface area contributed by atoms with E-state index in [2.05, 4.69) is 10.9 Å². The Morgan fingerprint density at radius 2 is 1.92 bits per heavy atom. The number of aromatic nitrogens is 1. The van der Waals surface area contributed by atoms with Crippen molar-refractivity contribution in [3.63, 3.8) is 0 Å².